The molecule has 2 aromatic carbocycles. The second-order valence-electron chi connectivity index (χ2n) is 10.3. The van der Waals surface area contributed by atoms with Crippen molar-refractivity contribution in [3.63, 3.8) is 0 Å². The molecule has 0 spiro atoms. The molecule has 0 radical (unpaired) electrons. The highest BCUT2D eigenvalue weighted by molar-refractivity contribution is 6.99. The summed E-state index contributed by atoms with van der Waals surface area (Å²) in [5, 5.41) is 6.69. The quantitative estimate of drug-likeness (QED) is 0.790. The fourth-order valence-electron chi connectivity index (χ4n) is 6.35. The molecule has 2 aromatic rings. The molecule has 0 amide bonds. The van der Waals surface area contributed by atoms with Gasteiger partial charge in [0.2, 0.25) is 0 Å². The molecule has 3 aliphatic heterocycles. The predicted molar refractivity (Wildman–Crippen MR) is 122 cm³/mol. The largest absolute Gasteiger partial charge is 0.401 e. The monoisotopic (exact) mass is 406 g/mol. The molecule has 3 nitrogen and oxygen atoms in total. The fraction of sp³-hybridized carbons (Fsp3) is 0.520. The normalized spacial score (nSPS) is 31.9. The highest BCUT2D eigenvalue weighted by Gasteiger charge is 2.59. The maximum Gasteiger partial charge on any atom is 0.261 e. The van der Waals surface area contributed by atoms with Crippen LogP contribution in [0.25, 0.3) is 0 Å². The Morgan fingerprint density at radius 3 is 2.00 bits per heavy atom. The summed E-state index contributed by atoms with van der Waals surface area (Å²) in [5.41, 5.74) is 0. The van der Waals surface area contributed by atoms with E-state index in [1.807, 2.05) is 0 Å². The molecule has 3 aliphatic rings. The Bertz CT molecular complexity index is 809. The third kappa shape index (κ3) is 2.95. The summed E-state index contributed by atoms with van der Waals surface area (Å²) in [6, 6.07) is 23.8. The van der Waals surface area contributed by atoms with Gasteiger partial charge in [0.1, 0.15) is 0 Å². The lowest BCUT2D eigenvalue weighted by Crippen LogP contribution is -2.69. The van der Waals surface area contributed by atoms with Crippen molar-refractivity contribution >= 4 is 18.7 Å². The van der Waals surface area contributed by atoms with Crippen LogP contribution in [0.3, 0.4) is 0 Å². The van der Waals surface area contributed by atoms with E-state index in [0.29, 0.717) is 18.1 Å². The summed E-state index contributed by atoms with van der Waals surface area (Å²) in [5.74, 6) is 0.810. The van der Waals surface area contributed by atoms with Gasteiger partial charge in [0, 0.05) is 18.1 Å². The van der Waals surface area contributed by atoms with Crippen molar-refractivity contribution < 1.29 is 4.43 Å². The summed E-state index contributed by atoms with van der Waals surface area (Å²) in [6.45, 7) is 8.31. The van der Waals surface area contributed by atoms with Crippen LogP contribution in [-0.2, 0) is 4.43 Å². The molecule has 3 heterocycles. The molecule has 5 rings (SSSR count). The number of benzene rings is 2. The third-order valence-corrected chi connectivity index (χ3v) is 12.7. The molecule has 5 unspecified atom stereocenters. The first-order valence-corrected chi connectivity index (χ1v) is 13.1. The third-order valence-electron chi connectivity index (χ3n) is 7.72. The maximum atomic E-state index is 7.58. The number of piperidine rings is 2. The molecule has 154 valence electrons. The molecule has 0 aromatic heterocycles. The van der Waals surface area contributed by atoms with Crippen LogP contribution in [0.5, 0.6) is 0 Å². The first-order chi connectivity index (χ1) is 13.9. The molecule has 1 N–H and O–H groups in total. The average molecular weight is 407 g/mol. The molecule has 4 heteroatoms. The number of hydrogen-bond donors (Lipinski definition) is 1. The summed E-state index contributed by atoms with van der Waals surface area (Å²) in [7, 11) is -0.190. The Morgan fingerprint density at radius 2 is 1.45 bits per heavy atom. The van der Waals surface area contributed by atoms with E-state index in [1.54, 1.807) is 0 Å². The molecular weight excluding hydrogens is 372 g/mol. The van der Waals surface area contributed by atoms with Crippen LogP contribution in [0.4, 0.5) is 0 Å². The zero-order valence-corrected chi connectivity index (χ0v) is 19.1. The summed E-state index contributed by atoms with van der Waals surface area (Å²) >= 11 is 0. The number of nitrogens with zero attached hydrogens (tertiary/aromatic N) is 1. The van der Waals surface area contributed by atoms with Gasteiger partial charge < -0.3 is 9.74 Å². The van der Waals surface area contributed by atoms with E-state index in [0.717, 1.165) is 12.5 Å². The zero-order valence-electron chi connectivity index (χ0n) is 18.1. The van der Waals surface area contributed by atoms with Crippen molar-refractivity contribution in [3.05, 3.63) is 60.7 Å². The fourth-order valence-corrected chi connectivity index (χ4v) is 11.1. The average Bonchev–Trinajstić information content (AvgIpc) is 2.85. The van der Waals surface area contributed by atoms with Gasteiger partial charge in [0.25, 0.3) is 8.32 Å². The van der Waals surface area contributed by atoms with E-state index in [1.165, 1.54) is 23.2 Å². The van der Waals surface area contributed by atoms with Gasteiger partial charge in [-0.2, -0.15) is 0 Å². The van der Waals surface area contributed by atoms with Gasteiger partial charge in [-0.1, -0.05) is 81.4 Å². The standard InChI is InChI=1S/C25H34N2OSi/c1-25(2,3)29(19-11-7-5-8-12-19,20-13-9-6-10-14-20)28-24-22-16-18-15-21(27(22)4)23(24)26-17-18/h5-14,18,21-24,26H,15-17H2,1-4H3. The lowest BCUT2D eigenvalue weighted by Gasteiger charge is -2.46. The first kappa shape index (κ1) is 19.5. The molecule has 5 atom stereocenters. The minimum absolute atomic E-state index is 0.0307. The van der Waals surface area contributed by atoms with Crippen LogP contribution in [0.2, 0.25) is 5.04 Å². The topological polar surface area (TPSA) is 24.5 Å². The van der Waals surface area contributed by atoms with Crippen molar-refractivity contribution in [1.82, 2.24) is 10.2 Å². The van der Waals surface area contributed by atoms with E-state index in [9.17, 15) is 0 Å². The molecule has 3 saturated heterocycles. The number of likely N-dealkylation sites (N-methyl/N-ethyl adjacent to an activating group) is 1. The second-order valence-corrected chi connectivity index (χ2v) is 14.6. The van der Waals surface area contributed by atoms with E-state index in [2.05, 4.69) is 98.7 Å². The molecule has 3 fully saturated rings. The molecule has 0 aliphatic carbocycles. The van der Waals surface area contributed by atoms with Gasteiger partial charge >= 0.3 is 0 Å². The number of fused-ring (bicyclic) bond motifs is 2. The van der Waals surface area contributed by atoms with Gasteiger partial charge in [-0.25, -0.2) is 0 Å². The van der Waals surface area contributed by atoms with E-state index < -0.39 is 8.32 Å². The Balaban J connectivity index is 1.65. The molecular formula is C25H34N2OSi. The van der Waals surface area contributed by atoms with E-state index >= 15 is 0 Å². The van der Waals surface area contributed by atoms with Crippen LogP contribution in [0.15, 0.2) is 60.7 Å². The second kappa shape index (κ2) is 7.05. The summed E-state index contributed by atoms with van der Waals surface area (Å²) < 4.78 is 7.58. The van der Waals surface area contributed by atoms with Crippen molar-refractivity contribution in [2.24, 2.45) is 5.92 Å². The van der Waals surface area contributed by atoms with Crippen molar-refractivity contribution in [1.29, 1.82) is 0 Å². The van der Waals surface area contributed by atoms with Crippen LogP contribution in [-0.4, -0.2) is 51.0 Å². The highest BCUT2D eigenvalue weighted by atomic mass is 28.4. The van der Waals surface area contributed by atoms with Gasteiger partial charge in [-0.3, -0.25) is 4.90 Å². The molecule has 29 heavy (non-hydrogen) atoms. The van der Waals surface area contributed by atoms with E-state index in [4.69, 9.17) is 4.43 Å². The Morgan fingerprint density at radius 1 is 0.897 bits per heavy atom. The van der Waals surface area contributed by atoms with Crippen molar-refractivity contribution in [2.45, 2.75) is 62.9 Å². The van der Waals surface area contributed by atoms with Gasteiger partial charge in [-0.05, 0) is 47.8 Å². The Labute approximate surface area is 176 Å². The smallest absolute Gasteiger partial charge is 0.261 e. The summed E-state index contributed by atoms with van der Waals surface area (Å²) in [6.07, 6.45) is 2.84. The molecule has 0 saturated carbocycles. The van der Waals surface area contributed by atoms with Gasteiger partial charge in [0.15, 0.2) is 0 Å². The van der Waals surface area contributed by atoms with Crippen LogP contribution in [0, 0.1) is 5.92 Å². The van der Waals surface area contributed by atoms with Crippen molar-refractivity contribution in [2.75, 3.05) is 13.6 Å². The minimum Gasteiger partial charge on any atom is -0.401 e. The number of nitrogens with one attached hydrogen (secondary N) is 1. The van der Waals surface area contributed by atoms with Crippen LogP contribution >= 0.6 is 0 Å². The molecule has 3 bridgehead atoms. The lowest BCUT2D eigenvalue weighted by molar-refractivity contribution is 0.0885. The zero-order chi connectivity index (χ0) is 20.2. The number of hydrogen-bond acceptors (Lipinski definition) is 3. The highest BCUT2D eigenvalue weighted by Crippen LogP contribution is 2.45. The van der Waals surface area contributed by atoms with E-state index in [-0.39, 0.29) is 11.1 Å². The first-order valence-electron chi connectivity index (χ1n) is 11.2. The Kier molecular flexibility index (Phi) is 4.74. The van der Waals surface area contributed by atoms with Gasteiger partial charge in [0.05, 0.1) is 6.10 Å². The predicted octanol–water partition coefficient (Wildman–Crippen LogP) is 3.00. The van der Waals surface area contributed by atoms with Crippen molar-refractivity contribution in [3.8, 4) is 0 Å². The van der Waals surface area contributed by atoms with Gasteiger partial charge in [-0.15, -0.1) is 0 Å². The minimum atomic E-state index is -2.51. The summed E-state index contributed by atoms with van der Waals surface area (Å²) in [4.78, 5) is 2.62. The number of rotatable bonds is 4. The van der Waals surface area contributed by atoms with Crippen LogP contribution < -0.4 is 15.7 Å². The SMILES string of the molecule is CN1C2CC3CNC2C(O[Si](c2ccccc2)(c2ccccc2)C(C)(C)C)C1C3. The maximum absolute atomic E-state index is 7.58. The Hall–Kier alpha value is -1.46. The van der Waals surface area contributed by atoms with Crippen LogP contribution in [0.1, 0.15) is 33.6 Å². The lowest BCUT2D eigenvalue weighted by atomic mass is 9.88.